The summed E-state index contributed by atoms with van der Waals surface area (Å²) in [5, 5.41) is 3.30. The van der Waals surface area contributed by atoms with E-state index in [1.165, 1.54) is 0 Å². The second kappa shape index (κ2) is 6.23. The highest BCUT2D eigenvalue weighted by atomic mass is 35.5. The summed E-state index contributed by atoms with van der Waals surface area (Å²) >= 11 is 6.01. The van der Waals surface area contributed by atoms with Gasteiger partial charge in [-0.05, 0) is 25.2 Å². The van der Waals surface area contributed by atoms with Gasteiger partial charge in [0, 0.05) is 31.9 Å². The Morgan fingerprint density at radius 3 is 2.74 bits per heavy atom. The van der Waals surface area contributed by atoms with Crippen molar-refractivity contribution in [2.24, 2.45) is 0 Å². The van der Waals surface area contributed by atoms with Crippen LogP contribution in [0.25, 0.3) is 0 Å². The van der Waals surface area contributed by atoms with E-state index in [1.807, 2.05) is 0 Å². The molecular formula is C13H19ClN4O. The van der Waals surface area contributed by atoms with Crippen LogP contribution in [0.2, 0.25) is 5.02 Å². The molecule has 2 rings (SSSR count). The van der Waals surface area contributed by atoms with Crippen LogP contribution in [-0.4, -0.2) is 55.5 Å². The molecule has 0 radical (unpaired) electrons. The van der Waals surface area contributed by atoms with Crippen molar-refractivity contribution in [1.29, 1.82) is 0 Å². The summed E-state index contributed by atoms with van der Waals surface area (Å²) in [7, 11) is 2.09. The number of nitrogens with zero attached hydrogens (tertiary/aromatic N) is 2. The van der Waals surface area contributed by atoms with Gasteiger partial charge >= 0.3 is 0 Å². The molecule has 1 aromatic rings. The van der Waals surface area contributed by atoms with Gasteiger partial charge in [0.15, 0.2) is 0 Å². The van der Waals surface area contributed by atoms with Crippen molar-refractivity contribution in [3.63, 3.8) is 0 Å². The fraction of sp³-hybridized carbons (Fsp3) is 0.462. The second-order valence-electron chi connectivity index (χ2n) is 4.87. The molecule has 0 aromatic heterocycles. The van der Waals surface area contributed by atoms with Crippen molar-refractivity contribution >= 4 is 28.9 Å². The lowest BCUT2D eigenvalue weighted by Crippen LogP contribution is -2.47. The van der Waals surface area contributed by atoms with Gasteiger partial charge in [-0.15, -0.1) is 0 Å². The van der Waals surface area contributed by atoms with Crippen molar-refractivity contribution in [3.8, 4) is 0 Å². The number of piperazine rings is 1. The number of nitrogen functional groups attached to an aromatic ring is 1. The Labute approximate surface area is 118 Å². The van der Waals surface area contributed by atoms with E-state index in [1.54, 1.807) is 18.2 Å². The van der Waals surface area contributed by atoms with Crippen molar-refractivity contribution in [3.05, 3.63) is 23.2 Å². The Balaban J connectivity index is 1.89. The van der Waals surface area contributed by atoms with Crippen molar-refractivity contribution in [1.82, 2.24) is 9.80 Å². The molecule has 1 saturated heterocycles. The molecule has 19 heavy (non-hydrogen) atoms. The maximum atomic E-state index is 12.0. The van der Waals surface area contributed by atoms with Gasteiger partial charge in [0.2, 0.25) is 5.91 Å². The number of amides is 1. The molecule has 0 aliphatic carbocycles. The van der Waals surface area contributed by atoms with Crippen molar-refractivity contribution in [2.45, 2.75) is 0 Å². The molecule has 1 aromatic carbocycles. The van der Waals surface area contributed by atoms with Crippen molar-refractivity contribution < 1.29 is 4.79 Å². The molecular weight excluding hydrogens is 264 g/mol. The second-order valence-corrected chi connectivity index (χ2v) is 5.27. The van der Waals surface area contributed by atoms with Crippen molar-refractivity contribution in [2.75, 3.05) is 50.8 Å². The fourth-order valence-corrected chi connectivity index (χ4v) is 2.20. The first-order valence-corrected chi connectivity index (χ1v) is 6.68. The highest BCUT2D eigenvalue weighted by molar-refractivity contribution is 6.33. The first kappa shape index (κ1) is 14.1. The zero-order chi connectivity index (χ0) is 13.8. The zero-order valence-corrected chi connectivity index (χ0v) is 11.8. The van der Waals surface area contributed by atoms with Gasteiger partial charge in [0.05, 0.1) is 17.3 Å². The lowest BCUT2D eigenvalue weighted by molar-refractivity contribution is -0.117. The van der Waals surface area contributed by atoms with Crippen LogP contribution < -0.4 is 11.1 Å². The third kappa shape index (κ3) is 4.09. The Morgan fingerprint density at radius 1 is 1.37 bits per heavy atom. The SMILES string of the molecule is CN1CCN(CC(=O)Nc2cc(N)ccc2Cl)CC1. The number of likely N-dealkylation sites (N-methyl/N-ethyl adjacent to an activating group) is 1. The van der Waals surface area contributed by atoms with Gasteiger partial charge in [0.25, 0.3) is 0 Å². The van der Waals surface area contributed by atoms with E-state index in [4.69, 9.17) is 17.3 Å². The summed E-state index contributed by atoms with van der Waals surface area (Å²) in [6, 6.07) is 5.06. The summed E-state index contributed by atoms with van der Waals surface area (Å²) in [6.07, 6.45) is 0. The molecule has 0 unspecified atom stereocenters. The summed E-state index contributed by atoms with van der Waals surface area (Å²) in [4.78, 5) is 16.3. The normalized spacial score (nSPS) is 17.4. The molecule has 104 valence electrons. The quantitative estimate of drug-likeness (QED) is 0.816. The standard InChI is InChI=1S/C13H19ClN4O/c1-17-4-6-18(7-5-17)9-13(19)16-12-8-10(15)2-3-11(12)14/h2-3,8H,4-7,9,15H2,1H3,(H,16,19). The minimum absolute atomic E-state index is 0.0583. The van der Waals surface area contributed by atoms with Crippen LogP contribution in [0.4, 0.5) is 11.4 Å². The monoisotopic (exact) mass is 282 g/mol. The number of hydrogen-bond donors (Lipinski definition) is 2. The van der Waals surface area contributed by atoms with Gasteiger partial charge in [-0.1, -0.05) is 11.6 Å². The molecule has 0 atom stereocenters. The molecule has 6 heteroatoms. The fourth-order valence-electron chi connectivity index (χ4n) is 2.04. The van der Waals surface area contributed by atoms with E-state index in [9.17, 15) is 4.79 Å². The third-order valence-electron chi connectivity index (χ3n) is 3.23. The Morgan fingerprint density at radius 2 is 2.05 bits per heavy atom. The predicted octanol–water partition coefficient (Wildman–Crippen LogP) is 1.11. The minimum atomic E-state index is -0.0583. The van der Waals surface area contributed by atoms with Crippen LogP contribution in [-0.2, 0) is 4.79 Å². The lowest BCUT2D eigenvalue weighted by atomic mass is 10.2. The number of nitrogens with two attached hydrogens (primary N) is 1. The Bertz CT molecular complexity index is 458. The van der Waals surface area contributed by atoms with Gasteiger partial charge in [-0.25, -0.2) is 0 Å². The van der Waals surface area contributed by atoms with Gasteiger partial charge in [-0.2, -0.15) is 0 Å². The molecule has 3 N–H and O–H groups in total. The average Bonchev–Trinajstić information content (AvgIpc) is 2.37. The molecule has 0 spiro atoms. The number of nitrogens with one attached hydrogen (secondary N) is 1. The van der Waals surface area contributed by atoms with Crippen LogP contribution >= 0.6 is 11.6 Å². The average molecular weight is 283 g/mol. The van der Waals surface area contributed by atoms with Crippen LogP contribution in [0.5, 0.6) is 0 Å². The highest BCUT2D eigenvalue weighted by Gasteiger charge is 2.17. The zero-order valence-electron chi connectivity index (χ0n) is 11.0. The van der Waals surface area contributed by atoms with E-state index < -0.39 is 0 Å². The number of carbonyl (C=O) groups excluding carboxylic acids is 1. The number of rotatable bonds is 3. The largest absolute Gasteiger partial charge is 0.399 e. The van der Waals surface area contributed by atoms with Gasteiger partial charge in [-0.3, -0.25) is 9.69 Å². The minimum Gasteiger partial charge on any atom is -0.399 e. The number of benzene rings is 1. The van der Waals surface area contributed by atoms with Crippen LogP contribution in [0.15, 0.2) is 18.2 Å². The van der Waals surface area contributed by atoms with E-state index in [2.05, 4.69) is 22.2 Å². The van der Waals surface area contributed by atoms with E-state index >= 15 is 0 Å². The molecule has 5 nitrogen and oxygen atoms in total. The Kier molecular flexibility index (Phi) is 4.63. The molecule has 1 aliphatic heterocycles. The summed E-state index contributed by atoms with van der Waals surface area (Å²) in [5.41, 5.74) is 6.83. The predicted molar refractivity (Wildman–Crippen MR) is 78.4 cm³/mol. The maximum Gasteiger partial charge on any atom is 0.238 e. The first-order chi connectivity index (χ1) is 9.04. The molecule has 1 heterocycles. The maximum absolute atomic E-state index is 12.0. The number of halogens is 1. The molecule has 1 aliphatic rings. The molecule has 1 fully saturated rings. The number of carbonyl (C=O) groups is 1. The smallest absolute Gasteiger partial charge is 0.238 e. The van der Waals surface area contributed by atoms with E-state index in [0.29, 0.717) is 22.9 Å². The summed E-state index contributed by atoms with van der Waals surface area (Å²) in [6.45, 7) is 4.20. The number of anilines is 2. The summed E-state index contributed by atoms with van der Waals surface area (Å²) < 4.78 is 0. The molecule has 0 saturated carbocycles. The van der Waals surface area contributed by atoms with Crippen LogP contribution in [0.1, 0.15) is 0 Å². The van der Waals surface area contributed by atoms with Gasteiger partial charge < -0.3 is 16.0 Å². The highest BCUT2D eigenvalue weighted by Crippen LogP contribution is 2.23. The Hall–Kier alpha value is -1.30. The van der Waals surface area contributed by atoms with Crippen LogP contribution in [0.3, 0.4) is 0 Å². The molecule has 1 amide bonds. The third-order valence-corrected chi connectivity index (χ3v) is 3.56. The van der Waals surface area contributed by atoms with Crippen LogP contribution in [0, 0.1) is 0 Å². The number of hydrogen-bond acceptors (Lipinski definition) is 4. The molecule has 0 bridgehead atoms. The first-order valence-electron chi connectivity index (χ1n) is 6.30. The van der Waals surface area contributed by atoms with Gasteiger partial charge in [0.1, 0.15) is 0 Å². The van der Waals surface area contributed by atoms with E-state index in [0.717, 1.165) is 26.2 Å². The topological polar surface area (TPSA) is 61.6 Å². The van der Waals surface area contributed by atoms with E-state index in [-0.39, 0.29) is 5.91 Å². The summed E-state index contributed by atoms with van der Waals surface area (Å²) in [5.74, 6) is -0.0583. The lowest BCUT2D eigenvalue weighted by Gasteiger charge is -2.31.